The standard InChI is InChI=1S/C9H10N2S3/c10-8(12)14-9(13)11-6-7-4-2-1-3-5-7/h1-5H,6H2,(H2,10,12)(H,11,13). The van der Waals surface area contributed by atoms with Gasteiger partial charge in [-0.05, 0) is 17.3 Å². The van der Waals surface area contributed by atoms with Crippen LogP contribution in [-0.2, 0) is 6.54 Å². The molecule has 0 aliphatic carbocycles. The van der Waals surface area contributed by atoms with Gasteiger partial charge in [-0.1, -0.05) is 54.8 Å². The van der Waals surface area contributed by atoms with E-state index >= 15 is 0 Å². The Hall–Kier alpha value is -0.650. The lowest BCUT2D eigenvalue weighted by molar-refractivity contribution is 0.940. The van der Waals surface area contributed by atoms with Gasteiger partial charge in [-0.2, -0.15) is 0 Å². The van der Waals surface area contributed by atoms with E-state index in [1.54, 1.807) is 0 Å². The molecule has 0 aliphatic heterocycles. The summed E-state index contributed by atoms with van der Waals surface area (Å²) in [6.07, 6.45) is 0. The summed E-state index contributed by atoms with van der Waals surface area (Å²) in [5.41, 5.74) is 6.51. The number of benzene rings is 1. The van der Waals surface area contributed by atoms with Crippen molar-refractivity contribution >= 4 is 44.8 Å². The number of thiocarbonyl (C=S) groups is 2. The number of nitrogens with one attached hydrogen (secondary N) is 1. The summed E-state index contributed by atoms with van der Waals surface area (Å²) in [7, 11) is 0. The van der Waals surface area contributed by atoms with Gasteiger partial charge < -0.3 is 11.1 Å². The first kappa shape index (κ1) is 11.4. The van der Waals surface area contributed by atoms with Crippen molar-refractivity contribution < 1.29 is 0 Å². The average molecular weight is 242 g/mol. The Kier molecular flexibility index (Phi) is 4.86. The minimum atomic E-state index is 0.343. The van der Waals surface area contributed by atoms with Crippen LogP contribution in [0.15, 0.2) is 30.3 Å². The Bertz CT molecular complexity index is 324. The molecule has 0 aromatic heterocycles. The van der Waals surface area contributed by atoms with Crippen molar-refractivity contribution in [2.24, 2.45) is 5.73 Å². The maximum absolute atomic E-state index is 5.33. The van der Waals surface area contributed by atoms with E-state index in [4.69, 9.17) is 30.2 Å². The van der Waals surface area contributed by atoms with Gasteiger partial charge in [0.2, 0.25) is 0 Å². The Morgan fingerprint density at radius 1 is 1.29 bits per heavy atom. The van der Waals surface area contributed by atoms with Crippen LogP contribution in [0.25, 0.3) is 0 Å². The second-order valence-electron chi connectivity index (χ2n) is 2.55. The largest absolute Gasteiger partial charge is 0.384 e. The van der Waals surface area contributed by atoms with Gasteiger partial charge in [-0.3, -0.25) is 0 Å². The zero-order valence-corrected chi connectivity index (χ0v) is 9.85. The van der Waals surface area contributed by atoms with Crippen molar-refractivity contribution in [3.05, 3.63) is 35.9 Å². The van der Waals surface area contributed by atoms with Gasteiger partial charge in [0.25, 0.3) is 0 Å². The van der Waals surface area contributed by atoms with E-state index in [1.807, 2.05) is 30.3 Å². The van der Waals surface area contributed by atoms with E-state index in [0.29, 0.717) is 15.2 Å². The summed E-state index contributed by atoms with van der Waals surface area (Å²) in [6, 6.07) is 10.0. The van der Waals surface area contributed by atoms with Crippen LogP contribution in [0.4, 0.5) is 0 Å². The Labute approximate surface area is 98.3 Å². The van der Waals surface area contributed by atoms with Gasteiger partial charge in [-0.15, -0.1) is 0 Å². The van der Waals surface area contributed by atoms with E-state index < -0.39 is 0 Å². The van der Waals surface area contributed by atoms with E-state index in [0.717, 1.165) is 0 Å². The van der Waals surface area contributed by atoms with Crippen LogP contribution in [0.1, 0.15) is 5.56 Å². The van der Waals surface area contributed by atoms with Crippen LogP contribution in [-0.4, -0.2) is 8.64 Å². The predicted molar refractivity (Wildman–Crippen MR) is 70.3 cm³/mol. The van der Waals surface area contributed by atoms with Gasteiger partial charge in [0.1, 0.15) is 8.64 Å². The molecule has 0 amide bonds. The summed E-state index contributed by atoms with van der Waals surface area (Å²) in [5.74, 6) is 0. The zero-order valence-electron chi connectivity index (χ0n) is 7.40. The lowest BCUT2D eigenvalue weighted by atomic mass is 10.2. The summed E-state index contributed by atoms with van der Waals surface area (Å²) in [4.78, 5) is 0. The van der Waals surface area contributed by atoms with Crippen LogP contribution in [0, 0.1) is 0 Å². The lowest BCUT2D eigenvalue weighted by Crippen LogP contribution is -2.20. The number of nitrogens with two attached hydrogens (primary N) is 1. The van der Waals surface area contributed by atoms with Crippen molar-refractivity contribution in [1.82, 2.24) is 5.32 Å². The van der Waals surface area contributed by atoms with Crippen LogP contribution in [0.2, 0.25) is 0 Å². The van der Waals surface area contributed by atoms with Crippen molar-refractivity contribution in [2.75, 3.05) is 0 Å². The maximum Gasteiger partial charge on any atom is 0.141 e. The quantitative estimate of drug-likeness (QED) is 0.776. The normalized spacial score (nSPS) is 9.43. The Balaban J connectivity index is 2.34. The predicted octanol–water partition coefficient (Wildman–Crippen LogP) is 2.04. The first-order valence-corrected chi connectivity index (χ1v) is 5.61. The molecule has 0 spiro atoms. The molecule has 0 fully saturated rings. The molecule has 0 radical (unpaired) electrons. The van der Waals surface area contributed by atoms with Crippen molar-refractivity contribution in [2.45, 2.75) is 6.54 Å². The molecule has 1 aromatic rings. The van der Waals surface area contributed by atoms with Crippen molar-refractivity contribution in [3.8, 4) is 0 Å². The van der Waals surface area contributed by atoms with Gasteiger partial charge >= 0.3 is 0 Å². The molecular formula is C9H10N2S3. The van der Waals surface area contributed by atoms with Gasteiger partial charge in [0.05, 0.1) is 0 Å². The van der Waals surface area contributed by atoms with Gasteiger partial charge in [0, 0.05) is 6.54 Å². The van der Waals surface area contributed by atoms with Crippen LogP contribution < -0.4 is 11.1 Å². The molecule has 1 aromatic carbocycles. The molecule has 0 atom stereocenters. The Morgan fingerprint density at radius 2 is 1.93 bits per heavy atom. The van der Waals surface area contributed by atoms with E-state index in [1.165, 1.54) is 17.3 Å². The summed E-state index contributed by atoms with van der Waals surface area (Å²) in [5, 5.41) is 3.06. The summed E-state index contributed by atoms with van der Waals surface area (Å²) < 4.78 is 0.955. The highest BCUT2D eigenvalue weighted by Crippen LogP contribution is 2.03. The maximum atomic E-state index is 5.33. The molecule has 0 aliphatic rings. The number of hydrogen-bond donors (Lipinski definition) is 2. The average Bonchev–Trinajstić information content (AvgIpc) is 2.15. The monoisotopic (exact) mass is 242 g/mol. The molecular weight excluding hydrogens is 232 g/mol. The smallest absolute Gasteiger partial charge is 0.141 e. The highest BCUT2D eigenvalue weighted by Gasteiger charge is 1.98. The third-order valence-electron chi connectivity index (χ3n) is 1.47. The highest BCUT2D eigenvalue weighted by molar-refractivity contribution is 8.37. The minimum Gasteiger partial charge on any atom is -0.384 e. The molecule has 0 heterocycles. The van der Waals surface area contributed by atoms with Gasteiger partial charge in [-0.25, -0.2) is 0 Å². The molecule has 0 unspecified atom stereocenters. The second-order valence-corrected chi connectivity index (χ2v) is 4.96. The number of thioether (sulfide) groups is 1. The molecule has 0 saturated carbocycles. The van der Waals surface area contributed by atoms with Gasteiger partial charge in [0.15, 0.2) is 0 Å². The SMILES string of the molecule is NC(=S)SC(=S)NCc1ccccc1. The third-order valence-corrected chi connectivity index (χ3v) is 2.65. The fourth-order valence-electron chi connectivity index (χ4n) is 0.898. The number of rotatable bonds is 2. The molecule has 0 bridgehead atoms. The van der Waals surface area contributed by atoms with Crippen molar-refractivity contribution in [1.29, 1.82) is 0 Å². The minimum absolute atomic E-state index is 0.343. The molecule has 74 valence electrons. The fourth-order valence-corrected chi connectivity index (χ4v) is 1.97. The Morgan fingerprint density at radius 3 is 2.50 bits per heavy atom. The summed E-state index contributed by atoms with van der Waals surface area (Å²) >= 11 is 10.9. The molecule has 14 heavy (non-hydrogen) atoms. The zero-order chi connectivity index (χ0) is 10.4. The van der Waals surface area contributed by atoms with Crippen LogP contribution >= 0.6 is 36.2 Å². The molecule has 1 rings (SSSR count). The van der Waals surface area contributed by atoms with Crippen LogP contribution in [0.5, 0.6) is 0 Å². The third kappa shape index (κ3) is 4.55. The van der Waals surface area contributed by atoms with E-state index in [2.05, 4.69) is 5.32 Å². The number of hydrogen-bond acceptors (Lipinski definition) is 3. The highest BCUT2D eigenvalue weighted by atomic mass is 32.2. The van der Waals surface area contributed by atoms with Crippen molar-refractivity contribution in [3.63, 3.8) is 0 Å². The molecule has 0 saturated heterocycles. The molecule has 2 nitrogen and oxygen atoms in total. The van der Waals surface area contributed by atoms with E-state index in [9.17, 15) is 0 Å². The second kappa shape index (κ2) is 5.95. The van der Waals surface area contributed by atoms with E-state index in [-0.39, 0.29) is 0 Å². The lowest BCUT2D eigenvalue weighted by Gasteiger charge is -2.05. The molecule has 3 N–H and O–H groups in total. The molecule has 5 heteroatoms. The first-order chi connectivity index (χ1) is 6.68. The topological polar surface area (TPSA) is 38.0 Å². The fraction of sp³-hybridized carbons (Fsp3) is 0.111. The van der Waals surface area contributed by atoms with Crippen LogP contribution in [0.3, 0.4) is 0 Å². The first-order valence-electron chi connectivity index (χ1n) is 3.97. The summed E-state index contributed by atoms with van der Waals surface area (Å²) in [6.45, 7) is 0.704.